The lowest BCUT2D eigenvalue weighted by atomic mass is 9.91. The molecule has 0 N–H and O–H groups in total. The highest BCUT2D eigenvalue weighted by atomic mass is 32.2. The Hall–Kier alpha value is -0.180. The van der Waals surface area contributed by atoms with Crippen molar-refractivity contribution in [3.8, 4) is 0 Å². The second-order valence-electron chi connectivity index (χ2n) is 3.38. The zero-order valence-corrected chi connectivity index (χ0v) is 8.52. The van der Waals surface area contributed by atoms with Gasteiger partial charge in [0.2, 0.25) is 0 Å². The molecule has 0 bridgehead atoms. The molecule has 0 aliphatic carbocycles. The van der Waals surface area contributed by atoms with Crippen LogP contribution in [0.2, 0.25) is 0 Å². The van der Waals surface area contributed by atoms with Crippen LogP contribution in [0.3, 0.4) is 0 Å². The Bertz CT molecular complexity index is 153. The van der Waals surface area contributed by atoms with E-state index in [1.807, 2.05) is 11.8 Å². The Morgan fingerprint density at radius 1 is 1.75 bits per heavy atom. The molecule has 70 valence electrons. The van der Waals surface area contributed by atoms with Crippen LogP contribution in [0.5, 0.6) is 0 Å². The van der Waals surface area contributed by atoms with E-state index >= 15 is 0 Å². The number of rotatable bonds is 3. The van der Waals surface area contributed by atoms with Gasteiger partial charge in [-0.3, -0.25) is 4.79 Å². The summed E-state index contributed by atoms with van der Waals surface area (Å²) in [6, 6.07) is 0. The first-order valence-corrected chi connectivity index (χ1v) is 5.54. The van der Waals surface area contributed by atoms with Gasteiger partial charge in [0.15, 0.2) is 0 Å². The Kier molecular flexibility index (Phi) is 3.92. The second kappa shape index (κ2) is 4.75. The number of methoxy groups -OCH3 is 1. The molecule has 0 radical (unpaired) electrons. The van der Waals surface area contributed by atoms with Crippen LogP contribution in [0.1, 0.15) is 19.8 Å². The lowest BCUT2D eigenvalue weighted by molar-refractivity contribution is -0.141. The van der Waals surface area contributed by atoms with E-state index < -0.39 is 0 Å². The van der Waals surface area contributed by atoms with Gasteiger partial charge in [0.05, 0.1) is 7.11 Å². The maximum absolute atomic E-state index is 10.9. The highest BCUT2D eigenvalue weighted by molar-refractivity contribution is 7.99. The van der Waals surface area contributed by atoms with Crippen LogP contribution in [0.25, 0.3) is 0 Å². The molecule has 2 nitrogen and oxygen atoms in total. The van der Waals surface area contributed by atoms with Crippen molar-refractivity contribution in [2.45, 2.75) is 19.8 Å². The zero-order chi connectivity index (χ0) is 8.97. The number of carbonyl (C=O) groups is 1. The molecule has 1 aliphatic heterocycles. The fraction of sp³-hybridized carbons (Fsp3) is 0.889. The topological polar surface area (TPSA) is 26.3 Å². The first kappa shape index (κ1) is 9.90. The van der Waals surface area contributed by atoms with Crippen molar-refractivity contribution >= 4 is 17.7 Å². The van der Waals surface area contributed by atoms with E-state index in [1.54, 1.807) is 0 Å². The third-order valence-corrected chi connectivity index (χ3v) is 3.67. The number of ether oxygens (including phenoxy) is 1. The van der Waals surface area contributed by atoms with Crippen molar-refractivity contribution < 1.29 is 9.53 Å². The molecule has 3 heteroatoms. The summed E-state index contributed by atoms with van der Waals surface area (Å²) >= 11 is 1.99. The molecular formula is C9H16O2S. The molecule has 0 saturated carbocycles. The van der Waals surface area contributed by atoms with Gasteiger partial charge in [-0.15, -0.1) is 0 Å². The zero-order valence-electron chi connectivity index (χ0n) is 7.71. The fourth-order valence-electron chi connectivity index (χ4n) is 1.51. The summed E-state index contributed by atoms with van der Waals surface area (Å²) in [5.74, 6) is 3.63. The molecule has 1 saturated heterocycles. The smallest absolute Gasteiger partial charge is 0.305 e. The molecule has 0 aromatic rings. The van der Waals surface area contributed by atoms with Gasteiger partial charge in [-0.05, 0) is 29.8 Å². The lowest BCUT2D eigenvalue weighted by Gasteiger charge is -2.16. The molecule has 0 aromatic carbocycles. The number of thioether (sulfide) groups is 1. The monoisotopic (exact) mass is 188 g/mol. The average molecular weight is 188 g/mol. The van der Waals surface area contributed by atoms with Crippen molar-refractivity contribution in [3.05, 3.63) is 0 Å². The van der Waals surface area contributed by atoms with Crippen LogP contribution in [0, 0.1) is 11.8 Å². The minimum absolute atomic E-state index is 0.0700. The molecule has 0 aromatic heterocycles. The Morgan fingerprint density at radius 3 is 3.00 bits per heavy atom. The van der Waals surface area contributed by atoms with Crippen LogP contribution < -0.4 is 0 Å². The highest BCUT2D eigenvalue weighted by Gasteiger charge is 2.23. The quantitative estimate of drug-likeness (QED) is 0.633. The van der Waals surface area contributed by atoms with Crippen molar-refractivity contribution in [1.82, 2.24) is 0 Å². The summed E-state index contributed by atoms with van der Waals surface area (Å²) in [4.78, 5) is 10.9. The first-order valence-electron chi connectivity index (χ1n) is 4.38. The van der Waals surface area contributed by atoms with Crippen molar-refractivity contribution in [3.63, 3.8) is 0 Å². The number of hydrogen-bond acceptors (Lipinski definition) is 3. The largest absolute Gasteiger partial charge is 0.469 e. The third-order valence-electron chi connectivity index (χ3n) is 2.49. The van der Waals surface area contributed by atoms with Gasteiger partial charge in [-0.2, -0.15) is 11.8 Å². The van der Waals surface area contributed by atoms with Crippen LogP contribution in [0.4, 0.5) is 0 Å². The fourth-order valence-corrected chi connectivity index (χ4v) is 2.95. The van der Waals surface area contributed by atoms with E-state index in [0.717, 1.165) is 5.92 Å². The molecule has 1 fully saturated rings. The molecule has 0 spiro atoms. The molecule has 1 heterocycles. The van der Waals surface area contributed by atoms with E-state index in [2.05, 4.69) is 11.7 Å². The average Bonchev–Trinajstić information content (AvgIpc) is 2.56. The normalized spacial score (nSPS) is 25.3. The number of carbonyl (C=O) groups excluding carboxylic acids is 1. The van der Waals surface area contributed by atoms with E-state index in [-0.39, 0.29) is 5.97 Å². The van der Waals surface area contributed by atoms with Gasteiger partial charge < -0.3 is 4.74 Å². The van der Waals surface area contributed by atoms with Gasteiger partial charge in [-0.25, -0.2) is 0 Å². The summed E-state index contributed by atoms with van der Waals surface area (Å²) in [5, 5.41) is 0. The molecule has 1 aliphatic rings. The first-order chi connectivity index (χ1) is 5.74. The third kappa shape index (κ3) is 2.70. The van der Waals surface area contributed by atoms with E-state index in [9.17, 15) is 4.79 Å². The summed E-state index contributed by atoms with van der Waals surface area (Å²) in [6.07, 6.45) is 1.85. The van der Waals surface area contributed by atoms with Gasteiger partial charge in [0, 0.05) is 6.42 Å². The van der Waals surface area contributed by atoms with E-state index in [0.29, 0.717) is 12.3 Å². The van der Waals surface area contributed by atoms with Crippen molar-refractivity contribution in [2.75, 3.05) is 18.6 Å². The van der Waals surface area contributed by atoms with Crippen LogP contribution >= 0.6 is 11.8 Å². The summed E-state index contributed by atoms with van der Waals surface area (Å²) in [6.45, 7) is 2.15. The van der Waals surface area contributed by atoms with Crippen LogP contribution in [-0.4, -0.2) is 24.6 Å². The maximum Gasteiger partial charge on any atom is 0.305 e. The SMILES string of the molecule is COC(=O)CC(C)C1CCSC1. The molecule has 12 heavy (non-hydrogen) atoms. The highest BCUT2D eigenvalue weighted by Crippen LogP contribution is 2.31. The predicted octanol–water partition coefficient (Wildman–Crippen LogP) is 1.94. The molecule has 0 amide bonds. The van der Waals surface area contributed by atoms with Crippen LogP contribution in [-0.2, 0) is 9.53 Å². The molecule has 2 unspecified atom stereocenters. The predicted molar refractivity (Wildman–Crippen MR) is 51.2 cm³/mol. The summed E-state index contributed by atoms with van der Waals surface area (Å²) < 4.78 is 4.63. The molecular weight excluding hydrogens is 172 g/mol. The van der Waals surface area contributed by atoms with Crippen LogP contribution in [0.15, 0.2) is 0 Å². The van der Waals surface area contributed by atoms with Gasteiger partial charge in [-0.1, -0.05) is 6.92 Å². The molecule has 1 rings (SSSR count). The van der Waals surface area contributed by atoms with E-state index in [1.165, 1.54) is 25.0 Å². The van der Waals surface area contributed by atoms with Gasteiger partial charge in [0.1, 0.15) is 0 Å². The minimum atomic E-state index is -0.0700. The Balaban J connectivity index is 2.26. The summed E-state index contributed by atoms with van der Waals surface area (Å²) in [7, 11) is 1.46. The second-order valence-corrected chi connectivity index (χ2v) is 4.53. The minimum Gasteiger partial charge on any atom is -0.469 e. The Morgan fingerprint density at radius 2 is 2.50 bits per heavy atom. The van der Waals surface area contributed by atoms with Crippen molar-refractivity contribution in [2.24, 2.45) is 11.8 Å². The van der Waals surface area contributed by atoms with Crippen molar-refractivity contribution in [1.29, 1.82) is 0 Å². The van der Waals surface area contributed by atoms with E-state index in [4.69, 9.17) is 0 Å². The van der Waals surface area contributed by atoms with Gasteiger partial charge >= 0.3 is 5.97 Å². The lowest BCUT2D eigenvalue weighted by Crippen LogP contribution is -2.16. The standard InChI is InChI=1S/C9H16O2S/c1-7(5-9(10)11-2)8-3-4-12-6-8/h7-8H,3-6H2,1-2H3. The Labute approximate surface area is 78.1 Å². The number of esters is 1. The summed E-state index contributed by atoms with van der Waals surface area (Å²) in [5.41, 5.74) is 0. The number of hydrogen-bond donors (Lipinski definition) is 0. The maximum atomic E-state index is 10.9. The molecule has 2 atom stereocenters. The van der Waals surface area contributed by atoms with Gasteiger partial charge in [0.25, 0.3) is 0 Å².